The van der Waals surface area contributed by atoms with Crippen LogP contribution in [0.3, 0.4) is 0 Å². The molecule has 10 rings (SSSR count). The third-order valence-electron chi connectivity index (χ3n) is 10.2. The molecular weight excluding hydrogens is 628 g/mol. The summed E-state index contributed by atoms with van der Waals surface area (Å²) >= 11 is 0. The lowest BCUT2D eigenvalue weighted by atomic mass is 9.83. The monoisotopic (exact) mass is 652 g/mol. The van der Waals surface area contributed by atoms with Gasteiger partial charge in [0.25, 0.3) is 0 Å². The standard InChI is InChI=1S/C46H24F4/c47-39-18-17-38(32-7-1-2-8-33(32)39)45-36-11-5-3-9-34(36)44(35-10-4-6-12-37(35)45)31-21-27-15-13-25-19-29(30-23-40(48)46(50)41(49)24-30)20-26-14-16-28(22-31)43(27)42(25)26/h1-24H. The van der Waals surface area contributed by atoms with Gasteiger partial charge >= 0.3 is 0 Å². The average Bonchev–Trinajstić information content (AvgIpc) is 3.15. The molecule has 0 aromatic heterocycles. The Bertz CT molecular complexity index is 2880. The minimum atomic E-state index is -1.47. The van der Waals surface area contributed by atoms with Crippen LogP contribution in [0.15, 0.2) is 146 Å². The summed E-state index contributed by atoms with van der Waals surface area (Å²) in [5.41, 5.74) is 5.16. The normalized spacial score (nSPS) is 12.0. The van der Waals surface area contributed by atoms with Gasteiger partial charge in [0.15, 0.2) is 17.5 Å². The summed E-state index contributed by atoms with van der Waals surface area (Å²) in [6, 6.07) is 46.6. The van der Waals surface area contributed by atoms with E-state index in [2.05, 4.69) is 72.8 Å². The van der Waals surface area contributed by atoms with Crippen LogP contribution in [0.4, 0.5) is 17.6 Å². The van der Waals surface area contributed by atoms with Crippen LogP contribution in [0.25, 0.3) is 98.0 Å². The van der Waals surface area contributed by atoms with Gasteiger partial charge in [-0.05, 0) is 135 Å². The van der Waals surface area contributed by atoms with E-state index in [1.54, 1.807) is 6.07 Å². The van der Waals surface area contributed by atoms with Gasteiger partial charge in [-0.2, -0.15) is 0 Å². The van der Waals surface area contributed by atoms with E-state index in [-0.39, 0.29) is 11.4 Å². The van der Waals surface area contributed by atoms with Gasteiger partial charge in [-0.25, -0.2) is 17.6 Å². The number of rotatable bonds is 3. The number of halogens is 4. The van der Waals surface area contributed by atoms with Crippen LogP contribution in [-0.4, -0.2) is 0 Å². The number of hydrogen-bond acceptors (Lipinski definition) is 0. The fourth-order valence-electron chi connectivity index (χ4n) is 8.08. The van der Waals surface area contributed by atoms with E-state index in [9.17, 15) is 17.6 Å². The molecule has 0 radical (unpaired) electrons. The van der Waals surface area contributed by atoms with E-state index < -0.39 is 17.5 Å². The van der Waals surface area contributed by atoms with Gasteiger partial charge in [0.1, 0.15) is 5.82 Å². The molecule has 50 heavy (non-hydrogen) atoms. The van der Waals surface area contributed by atoms with Crippen molar-refractivity contribution in [3.8, 4) is 33.4 Å². The molecule has 0 spiro atoms. The smallest absolute Gasteiger partial charge is 0.194 e. The van der Waals surface area contributed by atoms with Crippen LogP contribution in [0.5, 0.6) is 0 Å². The fraction of sp³-hybridized carbons (Fsp3) is 0. The summed E-state index contributed by atoms with van der Waals surface area (Å²) in [5, 5.41) is 12.0. The van der Waals surface area contributed by atoms with Gasteiger partial charge in [-0.3, -0.25) is 0 Å². The zero-order chi connectivity index (χ0) is 33.7. The van der Waals surface area contributed by atoms with Crippen LogP contribution >= 0.6 is 0 Å². The Morgan fingerprint density at radius 3 is 1.20 bits per heavy atom. The summed E-state index contributed by atoms with van der Waals surface area (Å²) in [6.45, 7) is 0. The highest BCUT2D eigenvalue weighted by atomic mass is 19.2. The largest absolute Gasteiger partial charge is 0.206 e. The predicted octanol–water partition coefficient (Wildman–Crippen LogP) is 13.6. The first-order valence-corrected chi connectivity index (χ1v) is 16.4. The quantitative estimate of drug-likeness (QED) is 0.0771. The molecule has 10 aromatic carbocycles. The molecule has 0 nitrogen and oxygen atoms in total. The van der Waals surface area contributed by atoms with E-state index in [1.807, 2.05) is 54.6 Å². The molecule has 4 heteroatoms. The van der Waals surface area contributed by atoms with Crippen molar-refractivity contribution in [2.45, 2.75) is 0 Å². The lowest BCUT2D eigenvalue weighted by molar-refractivity contribution is 0.448. The molecule has 0 atom stereocenters. The Hall–Kier alpha value is -6.26. The third kappa shape index (κ3) is 4.12. The van der Waals surface area contributed by atoms with Crippen molar-refractivity contribution < 1.29 is 17.6 Å². The van der Waals surface area contributed by atoms with Crippen molar-refractivity contribution in [1.29, 1.82) is 0 Å². The van der Waals surface area contributed by atoms with Crippen LogP contribution in [0.2, 0.25) is 0 Å². The van der Waals surface area contributed by atoms with Gasteiger partial charge < -0.3 is 0 Å². The average molecular weight is 653 g/mol. The zero-order valence-electron chi connectivity index (χ0n) is 26.4. The molecule has 0 aliphatic rings. The second kappa shape index (κ2) is 10.6. The first-order valence-electron chi connectivity index (χ1n) is 16.4. The number of fused-ring (bicyclic) bond motifs is 3. The highest BCUT2D eigenvalue weighted by Gasteiger charge is 2.20. The Kier molecular flexibility index (Phi) is 6.10. The molecular formula is C46H24F4. The Morgan fingerprint density at radius 1 is 0.300 bits per heavy atom. The molecule has 10 aromatic rings. The van der Waals surface area contributed by atoms with Crippen LogP contribution in [-0.2, 0) is 0 Å². The minimum Gasteiger partial charge on any atom is -0.206 e. The van der Waals surface area contributed by atoms with Crippen molar-refractivity contribution in [3.05, 3.63) is 169 Å². The van der Waals surface area contributed by atoms with Crippen molar-refractivity contribution in [2.24, 2.45) is 0 Å². The first-order chi connectivity index (χ1) is 24.4. The van der Waals surface area contributed by atoms with Crippen LogP contribution in [0.1, 0.15) is 0 Å². The van der Waals surface area contributed by atoms with E-state index in [0.29, 0.717) is 10.9 Å². The molecule has 0 aliphatic carbocycles. The maximum absolute atomic E-state index is 15.0. The molecule has 0 unspecified atom stereocenters. The maximum atomic E-state index is 15.0. The van der Waals surface area contributed by atoms with E-state index >= 15 is 0 Å². The van der Waals surface area contributed by atoms with Gasteiger partial charge in [-0.1, -0.05) is 103 Å². The lowest BCUT2D eigenvalue weighted by Crippen LogP contribution is -1.93. The molecule has 0 bridgehead atoms. The third-order valence-corrected chi connectivity index (χ3v) is 10.2. The van der Waals surface area contributed by atoms with Crippen LogP contribution < -0.4 is 0 Å². The summed E-state index contributed by atoms with van der Waals surface area (Å²) < 4.78 is 57.0. The van der Waals surface area contributed by atoms with Gasteiger partial charge in [0.2, 0.25) is 0 Å². The Labute approximate surface area is 283 Å². The number of hydrogen-bond donors (Lipinski definition) is 0. The molecule has 236 valence electrons. The fourth-order valence-corrected chi connectivity index (χ4v) is 8.08. The van der Waals surface area contributed by atoms with Crippen molar-refractivity contribution >= 4 is 64.6 Å². The summed E-state index contributed by atoms with van der Waals surface area (Å²) in [4.78, 5) is 0. The second-order valence-electron chi connectivity index (χ2n) is 13.0. The van der Waals surface area contributed by atoms with E-state index in [4.69, 9.17) is 0 Å². The van der Waals surface area contributed by atoms with Crippen molar-refractivity contribution in [3.63, 3.8) is 0 Å². The highest BCUT2D eigenvalue weighted by Crippen LogP contribution is 2.47. The predicted molar refractivity (Wildman–Crippen MR) is 199 cm³/mol. The molecule has 0 saturated heterocycles. The SMILES string of the molecule is Fc1cc(-c2cc3ccc4cc(-c5c6ccccc6c(-c6ccc(F)c7ccccc67)c6ccccc56)cc5ccc(c2)c3c45)cc(F)c1F. The Morgan fingerprint density at radius 2 is 0.700 bits per heavy atom. The van der Waals surface area contributed by atoms with Gasteiger partial charge in [-0.15, -0.1) is 0 Å². The van der Waals surface area contributed by atoms with Crippen molar-refractivity contribution in [2.75, 3.05) is 0 Å². The molecule has 0 heterocycles. The van der Waals surface area contributed by atoms with E-state index in [0.717, 1.165) is 93.6 Å². The minimum absolute atomic E-state index is 0.238. The van der Waals surface area contributed by atoms with Gasteiger partial charge in [0.05, 0.1) is 0 Å². The van der Waals surface area contributed by atoms with Crippen LogP contribution in [0, 0.1) is 23.3 Å². The molecule has 0 amide bonds. The zero-order valence-corrected chi connectivity index (χ0v) is 26.4. The summed E-state index contributed by atoms with van der Waals surface area (Å²) in [5.74, 6) is -4.13. The molecule has 0 fully saturated rings. The summed E-state index contributed by atoms with van der Waals surface area (Å²) in [6.07, 6.45) is 0. The maximum Gasteiger partial charge on any atom is 0.194 e. The first kappa shape index (κ1) is 28.7. The highest BCUT2D eigenvalue weighted by molar-refractivity contribution is 6.27. The molecule has 0 N–H and O–H groups in total. The molecule has 0 aliphatic heterocycles. The molecule has 0 saturated carbocycles. The lowest BCUT2D eigenvalue weighted by Gasteiger charge is -2.20. The Balaban J connectivity index is 1.23. The van der Waals surface area contributed by atoms with Gasteiger partial charge in [0, 0.05) is 5.39 Å². The topological polar surface area (TPSA) is 0 Å². The number of benzene rings is 10. The van der Waals surface area contributed by atoms with Crippen molar-refractivity contribution in [1.82, 2.24) is 0 Å². The second-order valence-corrected chi connectivity index (χ2v) is 13.0. The van der Waals surface area contributed by atoms with E-state index in [1.165, 1.54) is 0 Å². The summed E-state index contributed by atoms with van der Waals surface area (Å²) in [7, 11) is 0.